The van der Waals surface area contributed by atoms with Crippen LogP contribution in [0.3, 0.4) is 0 Å². The number of aromatic nitrogens is 1. The van der Waals surface area contributed by atoms with Gasteiger partial charge in [0.25, 0.3) is 5.69 Å². The van der Waals surface area contributed by atoms with Gasteiger partial charge < -0.3 is 9.30 Å². The number of hydrogen-bond acceptors (Lipinski definition) is 4. The summed E-state index contributed by atoms with van der Waals surface area (Å²) in [6.07, 6.45) is 0. The van der Waals surface area contributed by atoms with E-state index in [1.54, 1.807) is 26.0 Å². The molecule has 0 saturated carbocycles. The molecule has 0 fully saturated rings. The highest BCUT2D eigenvalue weighted by atomic mass is 19.1. The second kappa shape index (κ2) is 6.38. The maximum atomic E-state index is 13.0. The van der Waals surface area contributed by atoms with Crippen LogP contribution in [0.1, 0.15) is 28.7 Å². The van der Waals surface area contributed by atoms with Gasteiger partial charge in [-0.15, -0.1) is 0 Å². The van der Waals surface area contributed by atoms with Crippen molar-refractivity contribution in [2.75, 3.05) is 6.61 Å². The van der Waals surface area contributed by atoms with Crippen LogP contribution in [0.4, 0.5) is 10.1 Å². The third kappa shape index (κ3) is 3.13. The molecule has 0 N–H and O–H groups in total. The number of halogens is 1. The van der Waals surface area contributed by atoms with Gasteiger partial charge in [0.2, 0.25) is 0 Å². The zero-order chi connectivity index (χ0) is 16.3. The summed E-state index contributed by atoms with van der Waals surface area (Å²) in [7, 11) is 0. The number of carbonyl (C=O) groups is 1. The topological polar surface area (TPSA) is 74.4 Å². The molecule has 0 aliphatic rings. The summed E-state index contributed by atoms with van der Waals surface area (Å²) in [6, 6.07) is 6.93. The summed E-state index contributed by atoms with van der Waals surface area (Å²) in [5.41, 5.74) is 1.03. The molecule has 0 spiro atoms. The average Bonchev–Trinajstić information content (AvgIpc) is 2.79. The van der Waals surface area contributed by atoms with Crippen LogP contribution in [0, 0.1) is 22.9 Å². The minimum atomic E-state index is -0.624. The molecule has 0 radical (unpaired) electrons. The van der Waals surface area contributed by atoms with Gasteiger partial charge in [-0.2, -0.15) is 0 Å². The molecule has 116 valence electrons. The molecule has 0 bridgehead atoms. The van der Waals surface area contributed by atoms with Crippen LogP contribution in [-0.2, 0) is 11.3 Å². The largest absolute Gasteiger partial charge is 0.461 e. The van der Waals surface area contributed by atoms with E-state index in [4.69, 9.17) is 4.74 Å². The molecule has 22 heavy (non-hydrogen) atoms. The lowest BCUT2D eigenvalue weighted by atomic mass is 10.2. The minimum absolute atomic E-state index is 0.107. The van der Waals surface area contributed by atoms with E-state index < -0.39 is 10.9 Å². The highest BCUT2D eigenvalue weighted by Crippen LogP contribution is 2.25. The molecule has 0 saturated heterocycles. The second-order valence-corrected chi connectivity index (χ2v) is 4.69. The number of carbonyl (C=O) groups excluding carboxylic acids is 1. The first-order valence-electron chi connectivity index (χ1n) is 6.70. The van der Waals surface area contributed by atoms with Crippen molar-refractivity contribution in [3.63, 3.8) is 0 Å². The van der Waals surface area contributed by atoms with Gasteiger partial charge in [0.15, 0.2) is 0 Å². The third-order valence-corrected chi connectivity index (χ3v) is 3.28. The fourth-order valence-electron chi connectivity index (χ4n) is 2.17. The number of hydrogen-bond donors (Lipinski definition) is 0. The maximum absolute atomic E-state index is 13.0. The van der Waals surface area contributed by atoms with Gasteiger partial charge in [-0.3, -0.25) is 10.1 Å². The Kier molecular flexibility index (Phi) is 4.55. The van der Waals surface area contributed by atoms with Crippen LogP contribution in [0.5, 0.6) is 0 Å². The summed E-state index contributed by atoms with van der Waals surface area (Å²) >= 11 is 0. The zero-order valence-electron chi connectivity index (χ0n) is 12.2. The van der Waals surface area contributed by atoms with Crippen LogP contribution in [0.25, 0.3) is 0 Å². The van der Waals surface area contributed by atoms with Gasteiger partial charge >= 0.3 is 5.97 Å². The number of benzene rings is 1. The van der Waals surface area contributed by atoms with Crippen molar-refractivity contribution in [3.8, 4) is 0 Å². The molecular weight excluding hydrogens is 291 g/mol. The summed E-state index contributed by atoms with van der Waals surface area (Å²) < 4.78 is 19.4. The van der Waals surface area contributed by atoms with Crippen molar-refractivity contribution >= 4 is 11.7 Å². The predicted molar refractivity (Wildman–Crippen MR) is 77.3 cm³/mol. The Morgan fingerprint density at radius 3 is 2.55 bits per heavy atom. The van der Waals surface area contributed by atoms with Gasteiger partial charge in [0, 0.05) is 12.6 Å². The number of ether oxygens (including phenoxy) is 1. The summed E-state index contributed by atoms with van der Waals surface area (Å²) in [4.78, 5) is 22.5. The van der Waals surface area contributed by atoms with E-state index in [9.17, 15) is 19.3 Å². The predicted octanol–water partition coefficient (Wildman–Crippen LogP) is 3.07. The van der Waals surface area contributed by atoms with E-state index in [0.717, 1.165) is 5.56 Å². The van der Waals surface area contributed by atoms with E-state index in [0.29, 0.717) is 5.69 Å². The number of nitro groups is 1. The summed E-state index contributed by atoms with van der Waals surface area (Å²) in [6.45, 7) is 3.61. The maximum Gasteiger partial charge on any atom is 0.355 e. The fraction of sp³-hybridized carbons (Fsp3) is 0.267. The standard InChI is InChI=1S/C15H15FN2O4/c1-3-22-15(19)14-8-13(18(20)21)10(2)17(14)9-11-4-6-12(16)7-5-11/h4-8H,3,9H2,1-2H3. The van der Waals surface area contributed by atoms with Crippen molar-refractivity contribution in [2.45, 2.75) is 20.4 Å². The lowest BCUT2D eigenvalue weighted by Crippen LogP contribution is -2.14. The van der Waals surface area contributed by atoms with Gasteiger partial charge in [0.05, 0.1) is 17.2 Å². The van der Waals surface area contributed by atoms with Crippen molar-refractivity contribution < 1.29 is 18.8 Å². The average molecular weight is 306 g/mol. The number of rotatable bonds is 5. The smallest absolute Gasteiger partial charge is 0.355 e. The normalized spacial score (nSPS) is 10.5. The van der Waals surface area contributed by atoms with Gasteiger partial charge in [0.1, 0.15) is 11.5 Å². The molecule has 0 unspecified atom stereocenters. The second-order valence-electron chi connectivity index (χ2n) is 4.69. The molecule has 0 aliphatic carbocycles. The molecule has 0 amide bonds. The van der Waals surface area contributed by atoms with E-state index in [1.807, 2.05) is 0 Å². The molecule has 6 nitrogen and oxygen atoms in total. The van der Waals surface area contributed by atoms with Crippen molar-refractivity contribution in [1.82, 2.24) is 4.57 Å². The monoisotopic (exact) mass is 306 g/mol. The molecule has 1 aromatic heterocycles. The Balaban J connectivity index is 2.45. The SMILES string of the molecule is CCOC(=O)c1cc([N+](=O)[O-])c(C)n1Cc1ccc(F)cc1. The first kappa shape index (κ1) is 15.7. The first-order chi connectivity index (χ1) is 10.4. The van der Waals surface area contributed by atoms with Gasteiger partial charge in [-0.25, -0.2) is 9.18 Å². The Hall–Kier alpha value is -2.70. The van der Waals surface area contributed by atoms with Crippen molar-refractivity contribution in [1.29, 1.82) is 0 Å². The molecule has 0 atom stereocenters. The first-order valence-corrected chi connectivity index (χ1v) is 6.70. The molecule has 1 aromatic carbocycles. The van der Waals surface area contributed by atoms with Crippen LogP contribution in [-0.4, -0.2) is 22.1 Å². The minimum Gasteiger partial charge on any atom is -0.461 e. The van der Waals surface area contributed by atoms with Crippen molar-refractivity contribution in [2.24, 2.45) is 0 Å². The Morgan fingerprint density at radius 2 is 2.00 bits per heavy atom. The lowest BCUT2D eigenvalue weighted by molar-refractivity contribution is -0.385. The fourth-order valence-corrected chi connectivity index (χ4v) is 2.17. The van der Waals surface area contributed by atoms with Crippen LogP contribution < -0.4 is 0 Å². The lowest BCUT2D eigenvalue weighted by Gasteiger charge is -2.10. The highest BCUT2D eigenvalue weighted by molar-refractivity contribution is 5.89. The zero-order valence-corrected chi connectivity index (χ0v) is 12.2. The van der Waals surface area contributed by atoms with E-state index in [-0.39, 0.29) is 30.4 Å². The number of esters is 1. The van der Waals surface area contributed by atoms with Crippen LogP contribution in [0.2, 0.25) is 0 Å². The molecule has 7 heteroatoms. The van der Waals surface area contributed by atoms with E-state index >= 15 is 0 Å². The molecule has 2 rings (SSSR count). The summed E-state index contributed by atoms with van der Waals surface area (Å²) in [5.74, 6) is -0.995. The number of nitrogens with zero attached hydrogens (tertiary/aromatic N) is 2. The Morgan fingerprint density at radius 1 is 1.36 bits per heavy atom. The quantitative estimate of drug-likeness (QED) is 0.483. The van der Waals surface area contributed by atoms with Crippen molar-refractivity contribution in [3.05, 3.63) is 63.2 Å². The van der Waals surface area contributed by atoms with Gasteiger partial charge in [-0.1, -0.05) is 12.1 Å². The molecule has 2 aromatic rings. The molecular formula is C15H15FN2O4. The van der Waals surface area contributed by atoms with E-state index in [2.05, 4.69) is 0 Å². The summed E-state index contributed by atoms with van der Waals surface area (Å²) in [5, 5.41) is 11.1. The Labute approximate surface area is 126 Å². The van der Waals surface area contributed by atoms with Crippen LogP contribution >= 0.6 is 0 Å². The van der Waals surface area contributed by atoms with E-state index in [1.165, 1.54) is 22.8 Å². The molecule has 0 aliphatic heterocycles. The van der Waals surface area contributed by atoms with Crippen LogP contribution in [0.15, 0.2) is 30.3 Å². The highest BCUT2D eigenvalue weighted by Gasteiger charge is 2.25. The molecule has 1 heterocycles. The third-order valence-electron chi connectivity index (χ3n) is 3.28. The van der Waals surface area contributed by atoms with Gasteiger partial charge in [-0.05, 0) is 31.5 Å². The Bertz CT molecular complexity index is 707.